The molecular weight excluding hydrogens is 298 g/mol. The molecule has 0 aliphatic heterocycles. The van der Waals surface area contributed by atoms with Gasteiger partial charge in [-0.1, -0.05) is 41.7 Å². The molecule has 0 radical (unpaired) electrons. The van der Waals surface area contributed by atoms with Crippen LogP contribution < -0.4 is 15.2 Å². The first-order valence-electron chi connectivity index (χ1n) is 6.63. The molecule has 0 amide bonds. The van der Waals surface area contributed by atoms with Crippen molar-refractivity contribution in [2.75, 3.05) is 20.0 Å². The van der Waals surface area contributed by atoms with Gasteiger partial charge in [0.1, 0.15) is 16.5 Å². The van der Waals surface area contributed by atoms with E-state index in [0.717, 1.165) is 33.2 Å². The Labute approximate surface area is 132 Å². The van der Waals surface area contributed by atoms with Crippen LogP contribution in [-0.4, -0.2) is 24.4 Å². The Morgan fingerprint density at radius 3 is 1.95 bits per heavy atom. The lowest BCUT2D eigenvalue weighted by atomic mass is 10.0. The Hall–Kier alpha value is -2.60. The number of benzene rings is 2. The van der Waals surface area contributed by atoms with E-state index in [1.165, 1.54) is 11.3 Å². The van der Waals surface area contributed by atoms with Crippen molar-refractivity contribution in [3.8, 4) is 33.2 Å². The normalized spacial score (nSPS) is 10.5. The highest BCUT2D eigenvalue weighted by atomic mass is 32.1. The molecule has 3 rings (SSSR count). The molecular formula is C16H15N3O2S. The average molecular weight is 313 g/mol. The zero-order valence-corrected chi connectivity index (χ0v) is 13.1. The molecule has 0 saturated carbocycles. The van der Waals surface area contributed by atoms with Gasteiger partial charge in [-0.15, -0.1) is 10.2 Å². The number of ether oxygens (including phenoxy) is 2. The highest BCUT2D eigenvalue weighted by Crippen LogP contribution is 2.39. The summed E-state index contributed by atoms with van der Waals surface area (Å²) in [7, 11) is 3.30. The fourth-order valence-electron chi connectivity index (χ4n) is 2.27. The summed E-state index contributed by atoms with van der Waals surface area (Å²) in [5.74, 6) is 1.54. The summed E-state index contributed by atoms with van der Waals surface area (Å²) in [5.41, 5.74) is 8.54. The average Bonchev–Trinajstić information content (AvgIpc) is 3.00. The predicted octanol–water partition coefficient (Wildman–Crippen LogP) is 3.47. The van der Waals surface area contributed by atoms with Crippen molar-refractivity contribution in [3.63, 3.8) is 0 Å². The third-order valence-corrected chi connectivity index (χ3v) is 4.09. The molecule has 112 valence electrons. The van der Waals surface area contributed by atoms with E-state index in [2.05, 4.69) is 10.2 Å². The quantitative estimate of drug-likeness (QED) is 0.798. The predicted molar refractivity (Wildman–Crippen MR) is 88.3 cm³/mol. The first-order chi connectivity index (χ1) is 10.7. The van der Waals surface area contributed by atoms with Crippen LogP contribution in [-0.2, 0) is 0 Å². The molecule has 0 saturated heterocycles. The number of methoxy groups -OCH3 is 2. The van der Waals surface area contributed by atoms with Gasteiger partial charge in [-0.2, -0.15) is 0 Å². The standard InChI is InChI=1S/C16H15N3O2S/c1-20-12-4-3-5-13(21-2)14(12)10-6-8-11(9-7-10)15-18-19-16(17)22-15/h3-9H,1-2H3,(H2,17,19). The largest absolute Gasteiger partial charge is 0.496 e. The summed E-state index contributed by atoms with van der Waals surface area (Å²) in [5, 5.41) is 9.15. The van der Waals surface area contributed by atoms with Gasteiger partial charge in [-0.05, 0) is 17.7 Å². The molecule has 0 fully saturated rings. The lowest BCUT2D eigenvalue weighted by Crippen LogP contribution is -1.92. The molecule has 22 heavy (non-hydrogen) atoms. The van der Waals surface area contributed by atoms with Crippen LogP contribution in [0.1, 0.15) is 0 Å². The first kappa shape index (κ1) is 14.3. The topological polar surface area (TPSA) is 70.3 Å². The van der Waals surface area contributed by atoms with Crippen LogP contribution >= 0.6 is 11.3 Å². The number of hydrogen-bond acceptors (Lipinski definition) is 6. The SMILES string of the molecule is COc1cccc(OC)c1-c1ccc(-c2nnc(N)s2)cc1. The molecule has 0 bridgehead atoms. The second kappa shape index (κ2) is 6.03. The molecule has 0 atom stereocenters. The Kier molecular flexibility index (Phi) is 3.93. The molecule has 3 aromatic rings. The van der Waals surface area contributed by atoms with Gasteiger partial charge in [0.25, 0.3) is 0 Å². The summed E-state index contributed by atoms with van der Waals surface area (Å²) in [6.45, 7) is 0. The van der Waals surface area contributed by atoms with Gasteiger partial charge in [0.15, 0.2) is 0 Å². The number of aromatic nitrogens is 2. The lowest BCUT2D eigenvalue weighted by Gasteiger charge is -2.13. The minimum atomic E-state index is 0.463. The Bertz CT molecular complexity index is 762. The monoisotopic (exact) mass is 313 g/mol. The first-order valence-corrected chi connectivity index (χ1v) is 7.45. The van der Waals surface area contributed by atoms with E-state index in [9.17, 15) is 0 Å². The maximum absolute atomic E-state index is 5.62. The van der Waals surface area contributed by atoms with Crippen LogP contribution in [0.25, 0.3) is 21.7 Å². The van der Waals surface area contributed by atoms with Crippen LogP contribution in [0.15, 0.2) is 42.5 Å². The maximum atomic E-state index is 5.62. The van der Waals surface area contributed by atoms with E-state index < -0.39 is 0 Å². The van der Waals surface area contributed by atoms with Gasteiger partial charge in [-0.25, -0.2) is 0 Å². The van der Waals surface area contributed by atoms with Gasteiger partial charge in [0.05, 0.1) is 19.8 Å². The summed E-state index contributed by atoms with van der Waals surface area (Å²) in [4.78, 5) is 0. The van der Waals surface area contributed by atoms with Crippen LogP contribution in [0.2, 0.25) is 0 Å². The van der Waals surface area contributed by atoms with Gasteiger partial charge in [0, 0.05) is 5.56 Å². The molecule has 1 heterocycles. The third-order valence-electron chi connectivity index (χ3n) is 3.29. The molecule has 6 heteroatoms. The van der Waals surface area contributed by atoms with E-state index >= 15 is 0 Å². The number of nitrogens with two attached hydrogens (primary N) is 1. The zero-order chi connectivity index (χ0) is 15.5. The van der Waals surface area contributed by atoms with E-state index in [-0.39, 0.29) is 0 Å². The fourth-order valence-corrected chi connectivity index (χ4v) is 2.88. The van der Waals surface area contributed by atoms with Crippen LogP contribution in [0.5, 0.6) is 11.5 Å². The second-order valence-corrected chi connectivity index (χ2v) is 5.57. The Morgan fingerprint density at radius 2 is 1.45 bits per heavy atom. The number of hydrogen-bond donors (Lipinski definition) is 1. The minimum absolute atomic E-state index is 0.463. The molecule has 0 unspecified atom stereocenters. The number of nitrogens with zero attached hydrogens (tertiary/aromatic N) is 2. The highest BCUT2D eigenvalue weighted by Gasteiger charge is 2.13. The van der Waals surface area contributed by atoms with Gasteiger partial charge in [-0.3, -0.25) is 0 Å². The molecule has 0 aliphatic carbocycles. The van der Waals surface area contributed by atoms with Gasteiger partial charge >= 0.3 is 0 Å². The molecule has 0 spiro atoms. The zero-order valence-electron chi connectivity index (χ0n) is 12.2. The second-order valence-electron chi connectivity index (χ2n) is 4.56. The van der Waals surface area contributed by atoms with Crippen LogP contribution in [0.3, 0.4) is 0 Å². The van der Waals surface area contributed by atoms with Crippen molar-refractivity contribution in [2.24, 2.45) is 0 Å². The van der Waals surface area contributed by atoms with Crippen molar-refractivity contribution in [1.82, 2.24) is 10.2 Å². The van der Waals surface area contributed by atoms with E-state index in [0.29, 0.717) is 5.13 Å². The van der Waals surface area contributed by atoms with Gasteiger partial charge in [0.2, 0.25) is 5.13 Å². The van der Waals surface area contributed by atoms with E-state index in [1.807, 2.05) is 42.5 Å². The highest BCUT2D eigenvalue weighted by molar-refractivity contribution is 7.18. The Balaban J connectivity index is 2.03. The molecule has 2 N–H and O–H groups in total. The van der Waals surface area contributed by atoms with Crippen LogP contribution in [0.4, 0.5) is 5.13 Å². The van der Waals surface area contributed by atoms with Crippen molar-refractivity contribution in [2.45, 2.75) is 0 Å². The number of rotatable bonds is 4. The Morgan fingerprint density at radius 1 is 0.864 bits per heavy atom. The van der Waals surface area contributed by atoms with Crippen molar-refractivity contribution >= 4 is 16.5 Å². The van der Waals surface area contributed by atoms with E-state index in [4.69, 9.17) is 15.2 Å². The van der Waals surface area contributed by atoms with Crippen molar-refractivity contribution in [3.05, 3.63) is 42.5 Å². The molecule has 0 aliphatic rings. The molecule has 1 aromatic heterocycles. The smallest absolute Gasteiger partial charge is 0.203 e. The summed E-state index contributed by atoms with van der Waals surface area (Å²) in [6, 6.07) is 13.7. The summed E-state index contributed by atoms with van der Waals surface area (Å²) in [6.07, 6.45) is 0. The molecule has 2 aromatic carbocycles. The number of nitrogen functional groups attached to an aromatic ring is 1. The maximum Gasteiger partial charge on any atom is 0.203 e. The molecule has 5 nitrogen and oxygen atoms in total. The van der Waals surface area contributed by atoms with E-state index in [1.54, 1.807) is 14.2 Å². The van der Waals surface area contributed by atoms with Crippen molar-refractivity contribution < 1.29 is 9.47 Å². The minimum Gasteiger partial charge on any atom is -0.496 e. The summed E-state index contributed by atoms with van der Waals surface area (Å²) < 4.78 is 10.9. The summed E-state index contributed by atoms with van der Waals surface area (Å²) >= 11 is 1.36. The van der Waals surface area contributed by atoms with Crippen molar-refractivity contribution in [1.29, 1.82) is 0 Å². The lowest BCUT2D eigenvalue weighted by molar-refractivity contribution is 0.397. The van der Waals surface area contributed by atoms with Gasteiger partial charge < -0.3 is 15.2 Å². The number of anilines is 1. The van der Waals surface area contributed by atoms with Crippen LogP contribution in [0, 0.1) is 0 Å². The third kappa shape index (κ3) is 2.60. The fraction of sp³-hybridized carbons (Fsp3) is 0.125.